The van der Waals surface area contributed by atoms with Gasteiger partial charge in [-0.3, -0.25) is 0 Å². The van der Waals surface area contributed by atoms with E-state index in [2.05, 4.69) is 254 Å². The van der Waals surface area contributed by atoms with Gasteiger partial charge in [-0.1, -0.05) is 230 Å². The third-order valence-electron chi connectivity index (χ3n) is 17.0. The molecule has 1 heteroatoms. The van der Waals surface area contributed by atoms with Gasteiger partial charge in [0.1, 0.15) is 11.2 Å². The lowest BCUT2D eigenvalue weighted by atomic mass is 9.75. The lowest BCUT2D eigenvalue weighted by Crippen LogP contribution is -2.18. The van der Waals surface area contributed by atoms with Crippen molar-refractivity contribution in [2.45, 2.75) is 63.7 Å². The van der Waals surface area contributed by atoms with Gasteiger partial charge in [0.25, 0.3) is 0 Å². The summed E-state index contributed by atoms with van der Waals surface area (Å²) in [6.07, 6.45) is 0. The summed E-state index contributed by atoms with van der Waals surface area (Å²) in [4.78, 5) is 0. The molecule has 0 amide bonds. The maximum absolute atomic E-state index is 6.56. The Morgan fingerprint density at radius 3 is 1.11 bits per heavy atom. The summed E-state index contributed by atoms with van der Waals surface area (Å²) < 4.78 is 6.56. The van der Waals surface area contributed by atoms with Crippen molar-refractivity contribution in [1.29, 1.82) is 0 Å². The number of fused-ring (bicyclic) bond motifs is 12. The first-order valence-electron chi connectivity index (χ1n) is 25.3. The van der Waals surface area contributed by atoms with Crippen molar-refractivity contribution in [2.24, 2.45) is 0 Å². The Labute approximate surface area is 417 Å². The summed E-state index contributed by atoms with van der Waals surface area (Å²) in [5, 5.41) is 2.31. The molecule has 0 bridgehead atoms. The highest BCUT2D eigenvalue weighted by atomic mass is 16.3. The van der Waals surface area contributed by atoms with Gasteiger partial charge in [-0.05, 0) is 136 Å². The minimum atomic E-state index is -0.237. The van der Waals surface area contributed by atoms with Crippen LogP contribution in [-0.2, 0) is 16.2 Å². The van der Waals surface area contributed by atoms with Gasteiger partial charge < -0.3 is 4.42 Å². The number of benzene rings is 10. The lowest BCUT2D eigenvalue weighted by Gasteiger charge is -2.28. The highest BCUT2D eigenvalue weighted by Crippen LogP contribution is 2.55. The van der Waals surface area contributed by atoms with Crippen LogP contribution in [-0.4, -0.2) is 0 Å². The second kappa shape index (κ2) is 15.0. The molecule has 0 spiro atoms. The van der Waals surface area contributed by atoms with Gasteiger partial charge in [0.05, 0.1) is 0 Å². The molecule has 0 radical (unpaired) electrons. The van der Waals surface area contributed by atoms with E-state index in [1.807, 2.05) is 0 Å². The van der Waals surface area contributed by atoms with Crippen LogP contribution in [0.5, 0.6) is 0 Å². The molecule has 3 aliphatic carbocycles. The Morgan fingerprint density at radius 2 is 0.648 bits per heavy atom. The van der Waals surface area contributed by atoms with Gasteiger partial charge in [-0.15, -0.1) is 0 Å². The predicted octanol–water partition coefficient (Wildman–Crippen LogP) is 18.7. The Morgan fingerprint density at radius 1 is 0.282 bits per heavy atom. The summed E-state index contributed by atoms with van der Waals surface area (Å²) in [7, 11) is 0. The highest BCUT2D eigenvalue weighted by Gasteiger charge is 2.40. The Balaban J connectivity index is 0.903. The van der Waals surface area contributed by atoms with Crippen LogP contribution in [0.1, 0.15) is 97.5 Å². The maximum Gasteiger partial charge on any atom is 0.143 e. The largest absolute Gasteiger partial charge is 0.455 e. The van der Waals surface area contributed by atoms with Crippen LogP contribution in [0.3, 0.4) is 0 Å². The van der Waals surface area contributed by atoms with Crippen LogP contribution in [0.4, 0.5) is 0 Å². The van der Waals surface area contributed by atoms with Gasteiger partial charge in [0, 0.05) is 38.5 Å². The molecule has 0 unspecified atom stereocenters. The van der Waals surface area contributed by atoms with E-state index in [9.17, 15) is 0 Å². The first kappa shape index (κ1) is 41.9. The van der Waals surface area contributed by atoms with E-state index in [1.165, 1.54) is 111 Å². The first-order valence-corrected chi connectivity index (χ1v) is 25.3. The number of para-hydroxylation sites is 2. The van der Waals surface area contributed by atoms with Gasteiger partial charge >= 0.3 is 0 Å². The monoisotopic (exact) mass is 910 g/mol. The molecule has 10 aromatic carbocycles. The van der Waals surface area contributed by atoms with Crippen molar-refractivity contribution in [3.63, 3.8) is 0 Å². The van der Waals surface area contributed by atoms with E-state index < -0.39 is 0 Å². The molecular weight excluding hydrogens is 857 g/mol. The van der Waals surface area contributed by atoms with E-state index in [0.717, 1.165) is 27.5 Å². The minimum Gasteiger partial charge on any atom is -0.455 e. The highest BCUT2D eigenvalue weighted by molar-refractivity contribution is 6.09. The molecule has 340 valence electrons. The molecule has 0 N–H and O–H groups in total. The van der Waals surface area contributed by atoms with Crippen molar-refractivity contribution in [2.75, 3.05) is 0 Å². The second-order valence-electron chi connectivity index (χ2n) is 22.0. The first-order chi connectivity index (χ1) is 34.4. The van der Waals surface area contributed by atoms with E-state index >= 15 is 0 Å². The maximum atomic E-state index is 6.56. The third-order valence-corrected chi connectivity index (χ3v) is 17.0. The predicted molar refractivity (Wildman–Crippen MR) is 297 cm³/mol. The second-order valence-corrected chi connectivity index (χ2v) is 22.0. The zero-order valence-corrected chi connectivity index (χ0v) is 41.2. The summed E-state index contributed by atoms with van der Waals surface area (Å²) >= 11 is 0. The average molecular weight is 911 g/mol. The number of hydrogen-bond donors (Lipinski definition) is 0. The topological polar surface area (TPSA) is 13.1 Å². The average Bonchev–Trinajstić information content (AvgIpc) is 4.04. The van der Waals surface area contributed by atoms with Crippen LogP contribution in [0.25, 0.3) is 88.7 Å². The van der Waals surface area contributed by atoms with Crippen molar-refractivity contribution in [1.82, 2.24) is 0 Å². The molecule has 0 aliphatic heterocycles. The third kappa shape index (κ3) is 6.12. The fourth-order valence-electron chi connectivity index (χ4n) is 13.1. The molecule has 11 aromatic rings. The van der Waals surface area contributed by atoms with Crippen LogP contribution in [0.15, 0.2) is 217 Å². The molecule has 0 atom stereocenters. The Kier molecular flexibility index (Phi) is 8.86. The Hall–Kier alpha value is -8.00. The number of furan rings is 1. The molecule has 0 saturated carbocycles. The molecule has 0 saturated heterocycles. The molecule has 1 heterocycles. The van der Waals surface area contributed by atoms with Crippen molar-refractivity contribution >= 4 is 21.9 Å². The van der Waals surface area contributed by atoms with E-state index in [4.69, 9.17) is 4.42 Å². The van der Waals surface area contributed by atoms with Crippen LogP contribution in [0, 0.1) is 0 Å². The summed E-state index contributed by atoms with van der Waals surface area (Å²) in [5.41, 5.74) is 28.9. The molecular formula is C70H54O. The Bertz CT molecular complexity index is 3860. The number of rotatable bonds is 6. The minimum absolute atomic E-state index is 0.00422. The summed E-state index contributed by atoms with van der Waals surface area (Å²) in [6.45, 7) is 14.5. The van der Waals surface area contributed by atoms with Gasteiger partial charge in [0.2, 0.25) is 0 Å². The molecule has 1 nitrogen and oxygen atoms in total. The zero-order chi connectivity index (χ0) is 48.0. The lowest BCUT2D eigenvalue weighted by molar-refractivity contribution is 0.655. The van der Waals surface area contributed by atoms with Crippen LogP contribution in [0.2, 0.25) is 0 Å². The molecule has 0 fully saturated rings. The SMILES string of the molecule is CC1(C)c2cc(-c3ccccc3)ccc2-c2ccc(C(c3ccc4c(c3)C(C)(C)c3cc(-c5ccccc5)ccc3-4)c3ccc4c(c3)C(C)(C)c3cc(-c5cccc6c5oc5ccccc56)ccc3-4)cc21. The number of hydrogen-bond acceptors (Lipinski definition) is 1. The van der Waals surface area contributed by atoms with Gasteiger partial charge in [-0.2, -0.15) is 0 Å². The normalized spacial score (nSPS) is 15.1. The summed E-state index contributed by atoms with van der Waals surface area (Å²) in [5.74, 6) is -0.00422. The molecule has 1 aromatic heterocycles. The molecule has 3 aliphatic rings. The van der Waals surface area contributed by atoms with Crippen LogP contribution < -0.4 is 0 Å². The van der Waals surface area contributed by atoms with Crippen molar-refractivity contribution < 1.29 is 4.42 Å². The summed E-state index contributed by atoms with van der Waals surface area (Å²) in [6, 6.07) is 80.0. The zero-order valence-electron chi connectivity index (χ0n) is 41.2. The fourth-order valence-corrected chi connectivity index (χ4v) is 13.1. The standard InChI is InChI=1S/C70H54O/c1-68(2)59-36-44(42-16-9-7-10-17-42)24-30-51(59)54-33-27-47(39-62(54)68)66(48-28-34-55-52-31-25-45(43-18-11-8-12-19-43)37-60(52)69(3,4)63(55)40-48)49-29-35-56-53-32-26-46(38-61(53)70(5,6)64(56)41-49)50-21-15-22-58-57-20-13-14-23-65(57)71-67(50)58/h7-41,66H,1-6H3. The van der Waals surface area contributed by atoms with Gasteiger partial charge in [0.15, 0.2) is 0 Å². The van der Waals surface area contributed by atoms with Crippen molar-refractivity contribution in [3.05, 3.63) is 262 Å². The van der Waals surface area contributed by atoms with Crippen molar-refractivity contribution in [3.8, 4) is 66.8 Å². The van der Waals surface area contributed by atoms with E-state index in [0.29, 0.717) is 0 Å². The van der Waals surface area contributed by atoms with Gasteiger partial charge in [-0.25, -0.2) is 0 Å². The van der Waals surface area contributed by atoms with E-state index in [-0.39, 0.29) is 22.2 Å². The fraction of sp³-hybridized carbons (Fsp3) is 0.143. The molecule has 71 heavy (non-hydrogen) atoms. The molecule has 14 rings (SSSR count). The van der Waals surface area contributed by atoms with Crippen LogP contribution >= 0.6 is 0 Å². The smallest absolute Gasteiger partial charge is 0.143 e. The quantitative estimate of drug-likeness (QED) is 0.152. The van der Waals surface area contributed by atoms with E-state index in [1.54, 1.807) is 0 Å².